The van der Waals surface area contributed by atoms with Gasteiger partial charge in [-0.05, 0) is 36.2 Å². The minimum atomic E-state index is -0.771. The average Bonchev–Trinajstić information content (AvgIpc) is 2.95. The van der Waals surface area contributed by atoms with Gasteiger partial charge in [-0.1, -0.05) is 74.0 Å². The Labute approximate surface area is 175 Å². The minimum absolute atomic E-state index is 0.292. The lowest BCUT2D eigenvalue weighted by molar-refractivity contribution is 0.155. The number of para-hydroxylation sites is 2. The Kier molecular flexibility index (Phi) is 7.22. The van der Waals surface area contributed by atoms with Crippen molar-refractivity contribution in [3.05, 3.63) is 63.7 Å². The van der Waals surface area contributed by atoms with Crippen LogP contribution in [0.15, 0.2) is 42.5 Å². The van der Waals surface area contributed by atoms with Crippen molar-refractivity contribution >= 4 is 34.2 Å². The molecule has 28 heavy (non-hydrogen) atoms. The number of aliphatic hydroxyl groups is 1. The van der Waals surface area contributed by atoms with Crippen LogP contribution >= 0.6 is 23.2 Å². The number of unbranched alkanes of at least 4 members (excludes halogenated alkanes) is 4. The molecule has 0 aliphatic heterocycles. The largest absolute Gasteiger partial charge is 0.387 e. The molecule has 2 aromatic carbocycles. The van der Waals surface area contributed by atoms with Crippen molar-refractivity contribution < 1.29 is 5.11 Å². The first-order valence-corrected chi connectivity index (χ1v) is 10.6. The van der Waals surface area contributed by atoms with Gasteiger partial charge in [0.05, 0.1) is 33.7 Å². The number of rotatable bonds is 9. The number of imidazole rings is 1. The zero-order valence-corrected chi connectivity index (χ0v) is 17.7. The van der Waals surface area contributed by atoms with Gasteiger partial charge in [-0.25, -0.2) is 0 Å². The molecule has 150 valence electrons. The number of halogens is 2. The van der Waals surface area contributed by atoms with E-state index in [0.29, 0.717) is 27.8 Å². The van der Waals surface area contributed by atoms with Crippen molar-refractivity contribution in [3.63, 3.8) is 0 Å². The topological polar surface area (TPSA) is 53.9 Å². The molecule has 0 saturated carbocycles. The van der Waals surface area contributed by atoms with Crippen LogP contribution in [0.25, 0.3) is 11.0 Å². The van der Waals surface area contributed by atoms with Gasteiger partial charge in [0.25, 0.3) is 0 Å². The van der Waals surface area contributed by atoms with Crippen LogP contribution in [-0.4, -0.2) is 14.2 Å². The van der Waals surface area contributed by atoms with Crippen LogP contribution in [0.2, 0.25) is 10.0 Å². The maximum atomic E-state index is 10.7. The highest BCUT2D eigenvalue weighted by atomic mass is 35.5. The van der Waals surface area contributed by atoms with Crippen LogP contribution in [0.5, 0.6) is 0 Å². The molecule has 0 radical (unpaired) electrons. The minimum Gasteiger partial charge on any atom is -0.387 e. The van der Waals surface area contributed by atoms with E-state index >= 15 is 0 Å². The van der Waals surface area contributed by atoms with E-state index in [1.807, 2.05) is 33.4 Å². The van der Waals surface area contributed by atoms with Crippen molar-refractivity contribution in [2.75, 3.05) is 0 Å². The highest BCUT2D eigenvalue weighted by molar-refractivity contribution is 6.42. The van der Waals surface area contributed by atoms with E-state index < -0.39 is 6.10 Å². The summed E-state index contributed by atoms with van der Waals surface area (Å²) in [4.78, 5) is 0. The molecule has 4 nitrogen and oxygen atoms in total. The molecule has 0 aliphatic carbocycles. The first-order chi connectivity index (χ1) is 13.5. The van der Waals surface area contributed by atoms with Crippen LogP contribution < -0.4 is 5.62 Å². The first-order valence-electron chi connectivity index (χ1n) is 9.88. The molecule has 1 heterocycles. The average molecular weight is 420 g/mol. The molecule has 0 saturated heterocycles. The second-order valence-corrected chi connectivity index (χ2v) is 7.99. The van der Waals surface area contributed by atoms with Gasteiger partial charge in [0.2, 0.25) is 5.62 Å². The Bertz CT molecular complexity index is 993. The van der Waals surface area contributed by atoms with Crippen LogP contribution in [0.1, 0.15) is 50.7 Å². The van der Waals surface area contributed by atoms with Gasteiger partial charge in [-0.2, -0.15) is 0 Å². The lowest BCUT2D eigenvalue weighted by Crippen LogP contribution is -2.26. The van der Waals surface area contributed by atoms with Gasteiger partial charge in [0.15, 0.2) is 0 Å². The number of hydrogen-bond acceptors (Lipinski definition) is 2. The fraction of sp³-hybridized carbons (Fsp3) is 0.409. The van der Waals surface area contributed by atoms with E-state index in [9.17, 15) is 5.11 Å². The van der Waals surface area contributed by atoms with Crippen molar-refractivity contribution in [2.24, 2.45) is 0 Å². The van der Waals surface area contributed by atoms with Crippen LogP contribution in [0.4, 0.5) is 0 Å². The maximum absolute atomic E-state index is 10.7. The summed E-state index contributed by atoms with van der Waals surface area (Å²) in [5.74, 6) is 0. The standard InChI is InChI=1S/C22H27Cl2N3O/c1-2-3-4-5-8-13-26-19-9-6-7-10-20(19)27(22(26)25)15-21(28)16-11-12-17(23)18(24)14-16/h6-7,9-12,14,21,25,28H,2-5,8,13,15H2,1H3/t21-/m0/s1. The van der Waals surface area contributed by atoms with Crippen LogP contribution in [-0.2, 0) is 13.1 Å². The summed E-state index contributed by atoms with van der Waals surface area (Å²) >= 11 is 12.1. The fourth-order valence-electron chi connectivity index (χ4n) is 3.58. The highest BCUT2D eigenvalue weighted by Crippen LogP contribution is 2.27. The van der Waals surface area contributed by atoms with Crippen molar-refractivity contribution in [2.45, 2.75) is 58.2 Å². The normalized spacial score (nSPS) is 12.6. The summed E-state index contributed by atoms with van der Waals surface area (Å²) in [7, 11) is 0. The molecule has 0 bridgehead atoms. The molecule has 1 aromatic heterocycles. The van der Waals surface area contributed by atoms with Crippen molar-refractivity contribution in [1.82, 2.24) is 9.13 Å². The number of fused-ring (bicyclic) bond motifs is 1. The Hall–Kier alpha value is -1.75. The maximum Gasteiger partial charge on any atom is 0.203 e. The molecule has 0 spiro atoms. The Morgan fingerprint density at radius 3 is 2.29 bits per heavy atom. The predicted octanol–water partition coefficient (Wildman–Crippen LogP) is 5.93. The van der Waals surface area contributed by atoms with Gasteiger partial charge in [0.1, 0.15) is 0 Å². The zero-order chi connectivity index (χ0) is 20.1. The SMILES string of the molecule is CCCCCCCn1c(=N)n(C[C@H](O)c2ccc(Cl)c(Cl)c2)c2ccccc21. The molecular formula is C22H27Cl2N3O. The summed E-state index contributed by atoms with van der Waals surface area (Å²) in [5, 5.41) is 20.3. The van der Waals surface area contributed by atoms with E-state index in [1.54, 1.807) is 18.2 Å². The molecular weight excluding hydrogens is 393 g/mol. The summed E-state index contributed by atoms with van der Waals surface area (Å²) in [6.07, 6.45) is 5.18. The second-order valence-electron chi connectivity index (χ2n) is 7.18. The summed E-state index contributed by atoms with van der Waals surface area (Å²) in [6.45, 7) is 3.32. The number of aryl methyl sites for hydroxylation is 1. The summed E-state index contributed by atoms with van der Waals surface area (Å²) < 4.78 is 3.91. The van der Waals surface area contributed by atoms with E-state index in [-0.39, 0.29) is 0 Å². The number of nitrogens with zero attached hydrogens (tertiary/aromatic N) is 2. The molecule has 3 rings (SSSR count). The number of aliphatic hydroxyl groups excluding tert-OH is 1. The van der Waals surface area contributed by atoms with Gasteiger partial charge in [0, 0.05) is 6.54 Å². The number of hydrogen-bond donors (Lipinski definition) is 2. The van der Waals surface area contributed by atoms with E-state index in [1.165, 1.54) is 25.7 Å². The quantitative estimate of drug-likeness (QED) is 0.414. The number of nitrogens with one attached hydrogen (secondary N) is 1. The molecule has 0 unspecified atom stereocenters. The molecule has 2 N–H and O–H groups in total. The molecule has 1 atom stereocenters. The van der Waals surface area contributed by atoms with E-state index in [0.717, 1.165) is 24.0 Å². The lowest BCUT2D eigenvalue weighted by Gasteiger charge is -2.13. The van der Waals surface area contributed by atoms with Gasteiger partial charge < -0.3 is 14.2 Å². The van der Waals surface area contributed by atoms with Crippen molar-refractivity contribution in [3.8, 4) is 0 Å². The molecule has 0 aliphatic rings. The third-order valence-corrected chi connectivity index (χ3v) is 5.88. The number of benzene rings is 2. The predicted molar refractivity (Wildman–Crippen MR) is 116 cm³/mol. The molecule has 0 amide bonds. The smallest absolute Gasteiger partial charge is 0.203 e. The van der Waals surface area contributed by atoms with E-state index in [2.05, 4.69) is 6.92 Å². The third-order valence-electron chi connectivity index (χ3n) is 5.14. The van der Waals surface area contributed by atoms with Crippen molar-refractivity contribution in [1.29, 1.82) is 5.41 Å². The Balaban J connectivity index is 1.85. The summed E-state index contributed by atoms with van der Waals surface area (Å²) in [5.41, 5.74) is 3.10. The van der Waals surface area contributed by atoms with Crippen LogP contribution in [0, 0.1) is 5.41 Å². The van der Waals surface area contributed by atoms with E-state index in [4.69, 9.17) is 28.6 Å². The van der Waals surface area contributed by atoms with Gasteiger partial charge >= 0.3 is 0 Å². The Morgan fingerprint density at radius 1 is 0.929 bits per heavy atom. The highest BCUT2D eigenvalue weighted by Gasteiger charge is 2.16. The summed E-state index contributed by atoms with van der Waals surface area (Å²) in [6, 6.07) is 13.2. The first kappa shape index (κ1) is 21.0. The third kappa shape index (κ3) is 4.62. The lowest BCUT2D eigenvalue weighted by atomic mass is 10.1. The molecule has 3 aromatic rings. The fourth-order valence-corrected chi connectivity index (χ4v) is 3.88. The Morgan fingerprint density at radius 2 is 1.61 bits per heavy atom. The monoisotopic (exact) mass is 419 g/mol. The van der Waals surface area contributed by atoms with Gasteiger partial charge in [-0.15, -0.1) is 0 Å². The zero-order valence-electron chi connectivity index (χ0n) is 16.2. The second kappa shape index (κ2) is 9.64. The molecule has 6 heteroatoms. The number of aromatic nitrogens is 2. The van der Waals surface area contributed by atoms with Crippen LogP contribution in [0.3, 0.4) is 0 Å². The molecule has 0 fully saturated rings. The van der Waals surface area contributed by atoms with Gasteiger partial charge in [-0.3, -0.25) is 5.41 Å².